The van der Waals surface area contributed by atoms with Gasteiger partial charge < -0.3 is 28.8 Å². The smallest absolute Gasteiger partial charge is 0.302 e. The SMILES string of the molecule is C=CC[C@H](O)[C@@]1(COC(C)=O)O[C@@H]2OC(C)(C)O[C@@H]2[C@H]1OCc1ccccc1. The molecular weight excluding hydrogens is 364 g/mol. The Hall–Kier alpha value is -1.77. The number of esters is 1. The first-order valence-corrected chi connectivity index (χ1v) is 9.39. The van der Waals surface area contributed by atoms with Gasteiger partial charge in [-0.3, -0.25) is 4.79 Å². The topological polar surface area (TPSA) is 83.5 Å². The molecule has 0 spiro atoms. The lowest BCUT2D eigenvalue weighted by molar-refractivity contribution is -0.272. The van der Waals surface area contributed by atoms with Crippen LogP contribution in [-0.2, 0) is 35.1 Å². The van der Waals surface area contributed by atoms with Crippen molar-refractivity contribution in [3.05, 3.63) is 48.6 Å². The fraction of sp³-hybridized carbons (Fsp3) is 0.571. The minimum atomic E-state index is -1.33. The summed E-state index contributed by atoms with van der Waals surface area (Å²) in [7, 11) is 0. The maximum atomic E-state index is 11.5. The van der Waals surface area contributed by atoms with Crippen molar-refractivity contribution in [2.24, 2.45) is 0 Å². The van der Waals surface area contributed by atoms with Crippen molar-refractivity contribution in [1.29, 1.82) is 0 Å². The lowest BCUT2D eigenvalue weighted by Gasteiger charge is -2.39. The van der Waals surface area contributed by atoms with Gasteiger partial charge in [-0.05, 0) is 25.8 Å². The van der Waals surface area contributed by atoms with E-state index in [-0.39, 0.29) is 19.6 Å². The summed E-state index contributed by atoms with van der Waals surface area (Å²) in [6.07, 6.45) is -1.24. The maximum Gasteiger partial charge on any atom is 0.302 e. The van der Waals surface area contributed by atoms with Crippen LogP contribution in [0.25, 0.3) is 0 Å². The van der Waals surface area contributed by atoms with Crippen molar-refractivity contribution >= 4 is 5.97 Å². The summed E-state index contributed by atoms with van der Waals surface area (Å²) in [5.41, 5.74) is -0.371. The van der Waals surface area contributed by atoms with E-state index >= 15 is 0 Å². The number of carbonyl (C=O) groups is 1. The predicted molar refractivity (Wildman–Crippen MR) is 100 cm³/mol. The van der Waals surface area contributed by atoms with Gasteiger partial charge in [0, 0.05) is 6.92 Å². The average Bonchev–Trinajstić information content (AvgIpc) is 3.08. The number of carbonyl (C=O) groups excluding carboxylic acids is 1. The van der Waals surface area contributed by atoms with Gasteiger partial charge in [-0.15, -0.1) is 6.58 Å². The second kappa shape index (κ2) is 8.31. The summed E-state index contributed by atoms with van der Waals surface area (Å²) in [5, 5.41) is 10.9. The Kier molecular flexibility index (Phi) is 6.21. The molecule has 0 aromatic heterocycles. The first kappa shape index (κ1) is 21.0. The molecule has 2 aliphatic rings. The molecule has 2 aliphatic heterocycles. The van der Waals surface area contributed by atoms with E-state index in [4.69, 9.17) is 23.7 Å². The van der Waals surface area contributed by atoms with Crippen LogP contribution in [-0.4, -0.2) is 53.7 Å². The summed E-state index contributed by atoms with van der Waals surface area (Å²) < 4.78 is 29.4. The molecule has 7 nitrogen and oxygen atoms in total. The van der Waals surface area contributed by atoms with Crippen LogP contribution in [0.3, 0.4) is 0 Å². The number of ether oxygens (including phenoxy) is 5. The Balaban J connectivity index is 1.89. The van der Waals surface area contributed by atoms with Gasteiger partial charge in [-0.1, -0.05) is 36.4 Å². The highest BCUT2D eigenvalue weighted by atomic mass is 16.8. The molecule has 1 aromatic rings. The lowest BCUT2D eigenvalue weighted by atomic mass is 9.87. The molecule has 1 aromatic carbocycles. The zero-order valence-electron chi connectivity index (χ0n) is 16.5. The second-order valence-electron chi connectivity index (χ2n) is 7.58. The van der Waals surface area contributed by atoms with Crippen molar-refractivity contribution in [2.75, 3.05) is 6.61 Å². The standard InChI is InChI=1S/C21H28O7/c1-5-9-16(23)21(13-25-14(2)22)18(24-12-15-10-7-6-8-11-15)17-19(28-21)27-20(3,4)26-17/h5-8,10-11,16-19,23H,1,9,12-13H2,2-4H3/t16-,17+,18+,19-,21+/m0/s1. The first-order valence-electron chi connectivity index (χ1n) is 9.39. The number of hydrogen-bond acceptors (Lipinski definition) is 7. The molecule has 5 atom stereocenters. The van der Waals surface area contributed by atoms with Gasteiger partial charge in [0.2, 0.25) is 0 Å². The van der Waals surface area contributed by atoms with Crippen LogP contribution in [0.4, 0.5) is 0 Å². The van der Waals surface area contributed by atoms with Crippen LogP contribution in [0.15, 0.2) is 43.0 Å². The van der Waals surface area contributed by atoms with E-state index in [1.165, 1.54) is 6.92 Å². The third-order valence-electron chi connectivity index (χ3n) is 4.93. The van der Waals surface area contributed by atoms with E-state index in [2.05, 4.69) is 6.58 Å². The van der Waals surface area contributed by atoms with E-state index in [0.29, 0.717) is 0 Å². The molecule has 2 fully saturated rings. The molecule has 1 N–H and O–H groups in total. The second-order valence-corrected chi connectivity index (χ2v) is 7.58. The highest BCUT2D eigenvalue weighted by Gasteiger charge is 2.65. The highest BCUT2D eigenvalue weighted by molar-refractivity contribution is 5.66. The number of hydrogen-bond donors (Lipinski definition) is 1. The van der Waals surface area contributed by atoms with Gasteiger partial charge >= 0.3 is 5.97 Å². The number of rotatable bonds is 8. The summed E-state index contributed by atoms with van der Waals surface area (Å²) in [6, 6.07) is 9.65. The maximum absolute atomic E-state index is 11.5. The van der Waals surface area contributed by atoms with E-state index in [1.54, 1.807) is 19.9 Å². The molecule has 3 rings (SSSR count). The average molecular weight is 392 g/mol. The molecule has 0 unspecified atom stereocenters. The summed E-state index contributed by atoms with van der Waals surface area (Å²) in [4.78, 5) is 11.5. The summed E-state index contributed by atoms with van der Waals surface area (Å²) >= 11 is 0. The third-order valence-corrected chi connectivity index (χ3v) is 4.93. The van der Waals surface area contributed by atoms with Crippen molar-refractivity contribution in [3.8, 4) is 0 Å². The fourth-order valence-electron chi connectivity index (χ4n) is 3.66. The molecule has 154 valence electrons. The molecule has 2 saturated heterocycles. The molecule has 28 heavy (non-hydrogen) atoms. The number of benzene rings is 1. The van der Waals surface area contributed by atoms with Crippen molar-refractivity contribution in [3.63, 3.8) is 0 Å². The number of aliphatic hydroxyl groups excluding tert-OH is 1. The predicted octanol–water partition coefficient (Wildman–Crippen LogP) is 2.32. The van der Waals surface area contributed by atoms with Crippen molar-refractivity contribution in [2.45, 2.75) is 69.8 Å². The molecule has 7 heteroatoms. The van der Waals surface area contributed by atoms with E-state index in [0.717, 1.165) is 5.56 Å². The third kappa shape index (κ3) is 4.29. The first-order chi connectivity index (χ1) is 13.3. The van der Waals surface area contributed by atoms with Gasteiger partial charge in [-0.25, -0.2) is 0 Å². The molecule has 0 bridgehead atoms. The molecule has 0 saturated carbocycles. The molecule has 0 radical (unpaired) electrons. The van der Waals surface area contributed by atoms with Gasteiger partial charge in [0.1, 0.15) is 18.8 Å². The van der Waals surface area contributed by atoms with Crippen LogP contribution < -0.4 is 0 Å². The largest absolute Gasteiger partial charge is 0.463 e. The minimum absolute atomic E-state index is 0.184. The van der Waals surface area contributed by atoms with Gasteiger partial charge in [0.25, 0.3) is 0 Å². The lowest BCUT2D eigenvalue weighted by Crippen LogP contribution is -2.57. The molecular formula is C21H28O7. The normalized spacial score (nSPS) is 31.9. The quantitative estimate of drug-likeness (QED) is 0.537. The van der Waals surface area contributed by atoms with E-state index in [1.807, 2.05) is 30.3 Å². The highest BCUT2D eigenvalue weighted by Crippen LogP contribution is 2.46. The van der Waals surface area contributed by atoms with E-state index in [9.17, 15) is 9.90 Å². The van der Waals surface area contributed by atoms with Crippen LogP contribution >= 0.6 is 0 Å². The Morgan fingerprint density at radius 1 is 1.29 bits per heavy atom. The molecule has 2 heterocycles. The zero-order chi connectivity index (χ0) is 20.4. The Labute approximate surface area is 165 Å². The Morgan fingerprint density at radius 2 is 2.00 bits per heavy atom. The van der Waals surface area contributed by atoms with Gasteiger partial charge in [0.05, 0.1) is 12.7 Å². The monoisotopic (exact) mass is 392 g/mol. The van der Waals surface area contributed by atoms with Gasteiger partial charge in [0.15, 0.2) is 17.7 Å². The van der Waals surface area contributed by atoms with Gasteiger partial charge in [-0.2, -0.15) is 0 Å². The van der Waals surface area contributed by atoms with Crippen LogP contribution in [0.5, 0.6) is 0 Å². The van der Waals surface area contributed by atoms with E-state index < -0.39 is 42.0 Å². The molecule has 0 amide bonds. The number of aliphatic hydroxyl groups is 1. The summed E-state index contributed by atoms with van der Waals surface area (Å²) in [6.45, 7) is 8.67. The fourth-order valence-corrected chi connectivity index (χ4v) is 3.66. The summed E-state index contributed by atoms with van der Waals surface area (Å²) in [5.74, 6) is -1.32. The number of fused-ring (bicyclic) bond motifs is 1. The Morgan fingerprint density at radius 3 is 2.64 bits per heavy atom. The van der Waals surface area contributed by atoms with Crippen molar-refractivity contribution < 1.29 is 33.6 Å². The van der Waals surface area contributed by atoms with Crippen molar-refractivity contribution in [1.82, 2.24) is 0 Å². The Bertz CT molecular complexity index is 689. The zero-order valence-corrected chi connectivity index (χ0v) is 16.5. The molecule has 0 aliphatic carbocycles. The van der Waals surface area contributed by atoms with Crippen LogP contribution in [0.1, 0.15) is 32.8 Å². The van der Waals surface area contributed by atoms with Crippen LogP contribution in [0, 0.1) is 0 Å². The van der Waals surface area contributed by atoms with Crippen LogP contribution in [0.2, 0.25) is 0 Å². The minimum Gasteiger partial charge on any atom is -0.463 e.